The zero-order chi connectivity index (χ0) is 18.4. The molecule has 7 nitrogen and oxygen atoms in total. The summed E-state index contributed by atoms with van der Waals surface area (Å²) in [7, 11) is 0. The molecule has 1 aromatic rings. The second kappa shape index (κ2) is 8.00. The Morgan fingerprint density at radius 1 is 1.24 bits per heavy atom. The first-order valence-corrected chi connectivity index (χ1v) is 8.43. The van der Waals surface area contributed by atoms with E-state index in [1.807, 2.05) is 17.0 Å². The molecule has 1 aliphatic rings. The molecule has 2 rings (SSSR count). The van der Waals surface area contributed by atoms with Crippen molar-refractivity contribution in [3.05, 3.63) is 29.8 Å². The van der Waals surface area contributed by atoms with Crippen LogP contribution in [0.5, 0.6) is 0 Å². The molecule has 136 valence electrons. The lowest BCUT2D eigenvalue weighted by Gasteiger charge is -2.25. The van der Waals surface area contributed by atoms with Gasteiger partial charge in [-0.15, -0.1) is 0 Å². The van der Waals surface area contributed by atoms with Gasteiger partial charge in [0.15, 0.2) is 0 Å². The van der Waals surface area contributed by atoms with E-state index in [1.54, 1.807) is 26.0 Å². The third-order valence-electron chi connectivity index (χ3n) is 4.17. The number of carboxylic acid groups (broad SMARTS) is 1. The van der Waals surface area contributed by atoms with Crippen LogP contribution < -0.4 is 10.6 Å². The van der Waals surface area contributed by atoms with E-state index in [9.17, 15) is 14.4 Å². The third kappa shape index (κ3) is 6.10. The lowest BCUT2D eigenvalue weighted by atomic mass is 9.99. The second-order valence-electron chi connectivity index (χ2n) is 6.97. The first-order chi connectivity index (χ1) is 11.7. The van der Waals surface area contributed by atoms with Crippen molar-refractivity contribution >= 4 is 23.6 Å². The fraction of sp³-hybridized carbons (Fsp3) is 0.500. The molecule has 7 heteroatoms. The molecule has 0 aliphatic carbocycles. The summed E-state index contributed by atoms with van der Waals surface area (Å²) in [4.78, 5) is 36.2. The van der Waals surface area contributed by atoms with Crippen LogP contribution in [0.3, 0.4) is 0 Å². The molecule has 0 bridgehead atoms. The van der Waals surface area contributed by atoms with Gasteiger partial charge in [0.1, 0.15) is 0 Å². The number of nitrogens with one attached hydrogen (secondary N) is 2. The van der Waals surface area contributed by atoms with E-state index in [2.05, 4.69) is 10.6 Å². The Bertz CT molecular complexity index is 640. The smallest absolute Gasteiger partial charge is 0.319 e. The molecular formula is C18H25N3O4. The van der Waals surface area contributed by atoms with Crippen LogP contribution in [0.1, 0.15) is 45.1 Å². The molecule has 3 amide bonds. The van der Waals surface area contributed by atoms with Crippen LogP contribution in [0.25, 0.3) is 0 Å². The lowest BCUT2D eigenvalue weighted by Crippen LogP contribution is -2.45. The van der Waals surface area contributed by atoms with Crippen LogP contribution >= 0.6 is 0 Å². The number of hydrogen-bond donors (Lipinski definition) is 3. The molecule has 0 saturated carbocycles. The Morgan fingerprint density at radius 3 is 2.48 bits per heavy atom. The molecule has 1 heterocycles. The molecule has 1 saturated heterocycles. The van der Waals surface area contributed by atoms with Crippen LogP contribution in [-0.2, 0) is 16.1 Å². The number of hydrogen-bond acceptors (Lipinski definition) is 3. The maximum Gasteiger partial charge on any atom is 0.319 e. The number of carboxylic acids is 1. The summed E-state index contributed by atoms with van der Waals surface area (Å²) in [5.74, 6) is -0.701. The van der Waals surface area contributed by atoms with Gasteiger partial charge in [-0.2, -0.15) is 0 Å². The molecule has 1 aromatic carbocycles. The summed E-state index contributed by atoms with van der Waals surface area (Å²) in [6.45, 7) is 4.96. The average molecular weight is 347 g/mol. The molecule has 25 heavy (non-hydrogen) atoms. The lowest BCUT2D eigenvalue weighted by molar-refractivity contribution is -0.137. The molecule has 0 aromatic heterocycles. The van der Waals surface area contributed by atoms with Gasteiger partial charge in [-0.25, -0.2) is 4.79 Å². The number of nitrogens with zero attached hydrogens (tertiary/aromatic N) is 1. The predicted molar refractivity (Wildman–Crippen MR) is 94.2 cm³/mol. The fourth-order valence-electron chi connectivity index (χ4n) is 2.74. The van der Waals surface area contributed by atoms with E-state index in [0.717, 1.165) is 18.5 Å². The summed E-state index contributed by atoms with van der Waals surface area (Å²) in [6, 6.07) is 6.98. The van der Waals surface area contributed by atoms with Crippen LogP contribution in [-0.4, -0.2) is 40.0 Å². The molecular weight excluding hydrogens is 322 g/mol. The first-order valence-electron chi connectivity index (χ1n) is 8.43. The number of carbonyl (C=O) groups is 3. The molecule has 0 spiro atoms. The quantitative estimate of drug-likeness (QED) is 0.706. The van der Waals surface area contributed by atoms with E-state index < -0.39 is 11.5 Å². The summed E-state index contributed by atoms with van der Waals surface area (Å²) in [5.41, 5.74) is 1.05. The van der Waals surface area contributed by atoms with Crippen molar-refractivity contribution in [2.24, 2.45) is 0 Å². The zero-order valence-electron chi connectivity index (χ0n) is 14.7. The summed E-state index contributed by atoms with van der Waals surface area (Å²) >= 11 is 0. The van der Waals surface area contributed by atoms with E-state index >= 15 is 0 Å². The maximum atomic E-state index is 12.1. The Morgan fingerprint density at radius 2 is 1.92 bits per heavy atom. The minimum atomic E-state index is -0.887. The summed E-state index contributed by atoms with van der Waals surface area (Å²) in [6.07, 6.45) is 1.88. The van der Waals surface area contributed by atoms with Crippen molar-refractivity contribution in [1.82, 2.24) is 10.2 Å². The van der Waals surface area contributed by atoms with Gasteiger partial charge in [-0.1, -0.05) is 12.1 Å². The van der Waals surface area contributed by atoms with Crippen molar-refractivity contribution in [3.63, 3.8) is 0 Å². The first kappa shape index (κ1) is 18.8. The molecule has 0 atom stereocenters. The highest BCUT2D eigenvalue weighted by molar-refractivity contribution is 5.89. The van der Waals surface area contributed by atoms with Crippen LogP contribution in [0.2, 0.25) is 0 Å². The highest BCUT2D eigenvalue weighted by Crippen LogP contribution is 2.17. The second-order valence-corrected chi connectivity index (χ2v) is 6.97. The Labute approximate surface area is 147 Å². The molecule has 0 radical (unpaired) electrons. The van der Waals surface area contributed by atoms with Gasteiger partial charge in [-0.3, -0.25) is 9.59 Å². The Kier molecular flexibility index (Phi) is 6.01. The molecule has 0 unspecified atom stereocenters. The number of urea groups is 1. The summed E-state index contributed by atoms with van der Waals surface area (Å²) < 4.78 is 0. The minimum Gasteiger partial charge on any atom is -0.481 e. The number of aliphatic carboxylic acids is 1. The number of amides is 3. The number of benzene rings is 1. The van der Waals surface area contributed by atoms with Crippen molar-refractivity contribution in [2.45, 2.75) is 51.6 Å². The standard InChI is InChI=1S/C18H25N3O4/c1-18(2,10-9-16(23)24)20-17(25)19-14-7-5-13(6-8-14)12-21-11-3-4-15(21)22/h5-8H,3-4,9-12H2,1-2H3,(H,23,24)(H2,19,20,25). The van der Waals surface area contributed by atoms with Gasteiger partial charge >= 0.3 is 12.0 Å². The highest BCUT2D eigenvalue weighted by atomic mass is 16.4. The van der Waals surface area contributed by atoms with Gasteiger partial charge in [0.2, 0.25) is 5.91 Å². The van der Waals surface area contributed by atoms with E-state index in [1.165, 1.54) is 0 Å². The molecule has 3 N–H and O–H groups in total. The van der Waals surface area contributed by atoms with Crippen molar-refractivity contribution in [1.29, 1.82) is 0 Å². The zero-order valence-corrected chi connectivity index (χ0v) is 14.7. The number of rotatable bonds is 7. The number of likely N-dealkylation sites (tertiary alicyclic amines) is 1. The van der Waals surface area contributed by atoms with Gasteiger partial charge in [0, 0.05) is 37.2 Å². The van der Waals surface area contributed by atoms with Crippen LogP contribution in [0, 0.1) is 0 Å². The average Bonchev–Trinajstić information content (AvgIpc) is 2.92. The van der Waals surface area contributed by atoms with E-state index in [-0.39, 0.29) is 18.4 Å². The maximum absolute atomic E-state index is 12.1. The minimum absolute atomic E-state index is 0.00278. The van der Waals surface area contributed by atoms with Crippen molar-refractivity contribution in [2.75, 3.05) is 11.9 Å². The van der Waals surface area contributed by atoms with E-state index in [0.29, 0.717) is 25.1 Å². The predicted octanol–water partition coefficient (Wildman–Crippen LogP) is 2.57. The van der Waals surface area contributed by atoms with Gasteiger partial charge < -0.3 is 20.6 Å². The van der Waals surface area contributed by atoms with Gasteiger partial charge in [-0.05, 0) is 44.4 Å². The van der Waals surface area contributed by atoms with Gasteiger partial charge in [0.05, 0.1) is 0 Å². The largest absolute Gasteiger partial charge is 0.481 e. The summed E-state index contributed by atoms with van der Waals surface area (Å²) in [5, 5.41) is 14.2. The normalized spacial score (nSPS) is 14.5. The van der Waals surface area contributed by atoms with Crippen molar-refractivity contribution < 1.29 is 19.5 Å². The number of anilines is 1. The third-order valence-corrected chi connectivity index (χ3v) is 4.17. The van der Waals surface area contributed by atoms with Crippen LogP contribution in [0.4, 0.5) is 10.5 Å². The van der Waals surface area contributed by atoms with E-state index in [4.69, 9.17) is 5.11 Å². The topological polar surface area (TPSA) is 98.7 Å². The monoisotopic (exact) mass is 347 g/mol. The Hall–Kier alpha value is -2.57. The highest BCUT2D eigenvalue weighted by Gasteiger charge is 2.22. The fourth-order valence-corrected chi connectivity index (χ4v) is 2.74. The molecule has 1 aliphatic heterocycles. The molecule has 1 fully saturated rings. The Balaban J connectivity index is 1.84. The van der Waals surface area contributed by atoms with Crippen LogP contribution in [0.15, 0.2) is 24.3 Å². The SMILES string of the molecule is CC(C)(CCC(=O)O)NC(=O)Nc1ccc(CN2CCCC2=O)cc1. The van der Waals surface area contributed by atoms with Crippen molar-refractivity contribution in [3.8, 4) is 0 Å². The number of carbonyl (C=O) groups excluding carboxylic acids is 2. The van der Waals surface area contributed by atoms with Gasteiger partial charge in [0.25, 0.3) is 0 Å².